The number of hydrogen-bond donors (Lipinski definition) is 0. The van der Waals surface area contributed by atoms with Gasteiger partial charge in [0.25, 0.3) is 11.8 Å². The van der Waals surface area contributed by atoms with Crippen molar-refractivity contribution in [3.63, 3.8) is 0 Å². The van der Waals surface area contributed by atoms with E-state index in [1.165, 1.54) is 4.90 Å². The van der Waals surface area contributed by atoms with Gasteiger partial charge in [0.15, 0.2) is 0 Å². The molecule has 0 bridgehead atoms. The van der Waals surface area contributed by atoms with Crippen molar-refractivity contribution in [1.82, 2.24) is 14.8 Å². The van der Waals surface area contributed by atoms with Gasteiger partial charge in [-0.15, -0.1) is 0 Å². The Kier molecular flexibility index (Phi) is 5.43. The largest absolute Gasteiger partial charge is 0.372 e. The first-order valence-electron chi connectivity index (χ1n) is 10.3. The van der Waals surface area contributed by atoms with E-state index in [2.05, 4.69) is 4.98 Å². The summed E-state index contributed by atoms with van der Waals surface area (Å²) in [6.07, 6.45) is 3.31. The number of carbonyl (C=O) groups is 2. The fourth-order valence-corrected chi connectivity index (χ4v) is 4.19. The van der Waals surface area contributed by atoms with Crippen LogP contribution in [0.15, 0.2) is 48.4 Å². The number of aryl methyl sites for hydroxylation is 2. The highest BCUT2D eigenvalue weighted by atomic mass is 16.5. The first kappa shape index (κ1) is 20.3. The molecular formula is C24H27N3O3. The second-order valence-corrected chi connectivity index (χ2v) is 8.24. The average Bonchev–Trinajstić information content (AvgIpc) is 2.95. The summed E-state index contributed by atoms with van der Waals surface area (Å²) in [6, 6.07) is 9.59. The Morgan fingerprint density at radius 1 is 0.967 bits per heavy atom. The first-order chi connectivity index (χ1) is 14.3. The van der Waals surface area contributed by atoms with E-state index in [4.69, 9.17) is 4.74 Å². The van der Waals surface area contributed by atoms with E-state index >= 15 is 0 Å². The zero-order valence-electron chi connectivity index (χ0n) is 17.9. The van der Waals surface area contributed by atoms with Gasteiger partial charge in [0, 0.05) is 25.5 Å². The van der Waals surface area contributed by atoms with Crippen LogP contribution in [0.4, 0.5) is 0 Å². The number of benzene rings is 1. The van der Waals surface area contributed by atoms with E-state index in [0.29, 0.717) is 24.4 Å². The molecule has 0 spiro atoms. The van der Waals surface area contributed by atoms with Crippen LogP contribution in [0.25, 0.3) is 5.57 Å². The third kappa shape index (κ3) is 3.75. The number of rotatable bonds is 4. The summed E-state index contributed by atoms with van der Waals surface area (Å²) in [5.41, 5.74) is 4.88. The second kappa shape index (κ2) is 8.03. The minimum Gasteiger partial charge on any atom is -0.372 e. The number of amides is 2. The van der Waals surface area contributed by atoms with Crippen LogP contribution in [0, 0.1) is 13.8 Å². The molecule has 3 heterocycles. The summed E-state index contributed by atoms with van der Waals surface area (Å²) in [5.74, 6) is -0.492. The van der Waals surface area contributed by atoms with Crippen LogP contribution < -0.4 is 0 Å². The number of hydrogen-bond acceptors (Lipinski definition) is 5. The van der Waals surface area contributed by atoms with Crippen molar-refractivity contribution in [3.8, 4) is 0 Å². The lowest BCUT2D eigenvalue weighted by Crippen LogP contribution is -2.46. The Hall–Kier alpha value is -2.99. The van der Waals surface area contributed by atoms with Gasteiger partial charge >= 0.3 is 0 Å². The molecule has 2 unspecified atom stereocenters. The van der Waals surface area contributed by atoms with Gasteiger partial charge in [-0.25, -0.2) is 0 Å². The van der Waals surface area contributed by atoms with Crippen molar-refractivity contribution in [2.75, 3.05) is 13.1 Å². The van der Waals surface area contributed by atoms with Gasteiger partial charge in [0.2, 0.25) is 0 Å². The maximum atomic E-state index is 13.5. The highest BCUT2D eigenvalue weighted by molar-refractivity contribution is 6.35. The van der Waals surface area contributed by atoms with E-state index < -0.39 is 0 Å². The molecule has 2 aliphatic rings. The predicted molar refractivity (Wildman–Crippen MR) is 114 cm³/mol. The molecular weight excluding hydrogens is 378 g/mol. The SMILES string of the molecule is Cc1ccc(C2=C(N3CC(C)OC(C)C3)C(=O)N(Cc3ccncc3)C2=O)cc1C. The summed E-state index contributed by atoms with van der Waals surface area (Å²) >= 11 is 0. The normalized spacial score (nSPS) is 22.3. The Labute approximate surface area is 177 Å². The van der Waals surface area contributed by atoms with E-state index in [-0.39, 0.29) is 30.6 Å². The average molecular weight is 405 g/mol. The van der Waals surface area contributed by atoms with Crippen LogP contribution in [-0.2, 0) is 20.9 Å². The van der Waals surface area contributed by atoms with E-state index in [1.54, 1.807) is 12.4 Å². The first-order valence-corrected chi connectivity index (χ1v) is 10.3. The van der Waals surface area contributed by atoms with Crippen LogP contribution >= 0.6 is 0 Å². The molecule has 1 aromatic heterocycles. The van der Waals surface area contributed by atoms with Crippen molar-refractivity contribution in [2.45, 2.75) is 46.4 Å². The molecule has 4 rings (SSSR count). The molecule has 1 saturated heterocycles. The number of pyridine rings is 1. The number of ether oxygens (including phenoxy) is 1. The van der Waals surface area contributed by atoms with Crippen molar-refractivity contribution in [3.05, 3.63) is 70.7 Å². The standard InChI is InChI=1S/C24H27N3O3/c1-15-5-6-20(11-16(15)2)21-22(26-12-17(3)30-18(4)13-26)24(29)27(23(21)28)14-19-7-9-25-10-8-19/h5-11,17-18H,12-14H2,1-4H3. The van der Waals surface area contributed by atoms with Crippen molar-refractivity contribution in [2.24, 2.45) is 0 Å². The number of nitrogens with zero attached hydrogens (tertiary/aromatic N) is 3. The third-order valence-electron chi connectivity index (χ3n) is 5.77. The fraction of sp³-hybridized carbons (Fsp3) is 0.375. The molecule has 6 heteroatoms. The van der Waals surface area contributed by atoms with Crippen molar-refractivity contribution >= 4 is 17.4 Å². The summed E-state index contributed by atoms with van der Waals surface area (Å²) in [5, 5.41) is 0. The van der Waals surface area contributed by atoms with E-state index in [1.807, 2.05) is 62.9 Å². The Morgan fingerprint density at radius 3 is 2.27 bits per heavy atom. The summed E-state index contributed by atoms with van der Waals surface area (Å²) in [7, 11) is 0. The number of morpholine rings is 1. The highest BCUT2D eigenvalue weighted by Crippen LogP contribution is 2.34. The van der Waals surface area contributed by atoms with Crippen LogP contribution in [0.2, 0.25) is 0 Å². The quantitative estimate of drug-likeness (QED) is 0.732. The lowest BCUT2D eigenvalue weighted by molar-refractivity contribution is -0.139. The van der Waals surface area contributed by atoms with Gasteiger partial charge < -0.3 is 9.64 Å². The van der Waals surface area contributed by atoms with Gasteiger partial charge in [-0.1, -0.05) is 18.2 Å². The molecule has 2 aromatic rings. The number of aromatic nitrogens is 1. The molecule has 30 heavy (non-hydrogen) atoms. The monoisotopic (exact) mass is 405 g/mol. The maximum absolute atomic E-state index is 13.5. The highest BCUT2D eigenvalue weighted by Gasteiger charge is 2.43. The van der Waals surface area contributed by atoms with Gasteiger partial charge in [-0.2, -0.15) is 0 Å². The molecule has 0 N–H and O–H groups in total. The zero-order valence-corrected chi connectivity index (χ0v) is 17.9. The molecule has 0 aliphatic carbocycles. The molecule has 2 aliphatic heterocycles. The van der Waals surface area contributed by atoms with Crippen LogP contribution in [0.5, 0.6) is 0 Å². The second-order valence-electron chi connectivity index (χ2n) is 8.24. The zero-order chi connectivity index (χ0) is 21.4. The van der Waals surface area contributed by atoms with E-state index in [0.717, 1.165) is 22.3 Å². The predicted octanol–water partition coefficient (Wildman–Crippen LogP) is 3.09. The summed E-state index contributed by atoms with van der Waals surface area (Å²) in [4.78, 5) is 34.4. The molecule has 2 amide bonds. The van der Waals surface area contributed by atoms with Crippen LogP contribution in [0.1, 0.15) is 36.1 Å². The lowest BCUT2D eigenvalue weighted by atomic mass is 9.99. The van der Waals surface area contributed by atoms with Gasteiger partial charge in [0.05, 0.1) is 24.3 Å². The molecule has 1 fully saturated rings. The maximum Gasteiger partial charge on any atom is 0.278 e. The van der Waals surface area contributed by atoms with Crippen molar-refractivity contribution < 1.29 is 14.3 Å². The number of imide groups is 1. The third-order valence-corrected chi connectivity index (χ3v) is 5.77. The summed E-state index contributed by atoms with van der Waals surface area (Å²) in [6.45, 7) is 9.44. The topological polar surface area (TPSA) is 62.7 Å². The molecule has 156 valence electrons. The minimum atomic E-state index is -0.248. The minimum absolute atomic E-state index is 0.0144. The Bertz CT molecular complexity index is 1010. The summed E-state index contributed by atoms with van der Waals surface area (Å²) < 4.78 is 5.86. The van der Waals surface area contributed by atoms with Crippen LogP contribution in [-0.4, -0.2) is 51.9 Å². The molecule has 0 radical (unpaired) electrons. The smallest absolute Gasteiger partial charge is 0.278 e. The van der Waals surface area contributed by atoms with Gasteiger partial charge in [-0.3, -0.25) is 19.5 Å². The van der Waals surface area contributed by atoms with Crippen LogP contribution in [0.3, 0.4) is 0 Å². The molecule has 2 atom stereocenters. The number of carbonyl (C=O) groups excluding carboxylic acids is 2. The Balaban J connectivity index is 1.78. The molecule has 1 aromatic carbocycles. The molecule has 0 saturated carbocycles. The van der Waals surface area contributed by atoms with Gasteiger partial charge in [-0.05, 0) is 62.1 Å². The van der Waals surface area contributed by atoms with E-state index in [9.17, 15) is 9.59 Å². The van der Waals surface area contributed by atoms with Crippen molar-refractivity contribution in [1.29, 1.82) is 0 Å². The fourth-order valence-electron chi connectivity index (χ4n) is 4.19. The van der Waals surface area contributed by atoms with Gasteiger partial charge in [0.1, 0.15) is 5.70 Å². The Morgan fingerprint density at radius 2 is 1.63 bits per heavy atom. The lowest BCUT2D eigenvalue weighted by Gasteiger charge is -2.37. The molecule has 6 nitrogen and oxygen atoms in total.